The molecule has 6 heteroatoms. The molecule has 1 unspecified atom stereocenters. The Morgan fingerprint density at radius 3 is 2.85 bits per heavy atom. The van der Waals surface area contributed by atoms with Gasteiger partial charge in [-0.3, -0.25) is 9.59 Å². The van der Waals surface area contributed by atoms with Gasteiger partial charge in [0.1, 0.15) is 5.75 Å². The first-order chi connectivity index (χ1) is 9.56. The summed E-state index contributed by atoms with van der Waals surface area (Å²) in [6.07, 6.45) is -0.958. The largest absolute Gasteiger partial charge is 0.478 e. The zero-order valence-electron chi connectivity index (χ0n) is 11.6. The van der Waals surface area contributed by atoms with Gasteiger partial charge in [-0.05, 0) is 26.0 Å². The molecule has 1 aromatic carbocycles. The van der Waals surface area contributed by atoms with Gasteiger partial charge in [-0.15, -0.1) is 0 Å². The molecule has 0 spiro atoms. The van der Waals surface area contributed by atoms with Crippen molar-refractivity contribution < 1.29 is 19.1 Å². The average Bonchev–Trinajstić information content (AvgIpc) is 2.40. The Hall–Kier alpha value is -2.24. The minimum atomic E-state index is -0.858. The van der Waals surface area contributed by atoms with E-state index >= 15 is 0 Å². The maximum atomic E-state index is 12.3. The fraction of sp³-hybridized carbons (Fsp3) is 0.429. The summed E-state index contributed by atoms with van der Waals surface area (Å²) in [7, 11) is 0. The number of likely N-dealkylation sites (N-methyl/N-ethyl adjacent to an activating group) is 1. The van der Waals surface area contributed by atoms with Gasteiger partial charge in [-0.25, -0.2) is 0 Å². The van der Waals surface area contributed by atoms with Gasteiger partial charge in [0.15, 0.2) is 6.10 Å². The number of carbonyl (C=O) groups is 2. The lowest BCUT2D eigenvalue weighted by atomic mass is 10.1. The first-order valence-electron chi connectivity index (χ1n) is 6.60. The standard InChI is InChI=1S/C14H18N2O4/c1-3-16-10-6-5-9(15)7-11(10)20-12(14(16)18)8-13(17)19-4-2/h5-7,12H,3-4,8,15H2,1-2H3. The van der Waals surface area contributed by atoms with Crippen LogP contribution in [0.4, 0.5) is 11.4 Å². The molecule has 2 N–H and O–H groups in total. The molecule has 0 fully saturated rings. The molecule has 0 saturated heterocycles. The summed E-state index contributed by atoms with van der Waals surface area (Å²) in [5, 5.41) is 0. The summed E-state index contributed by atoms with van der Waals surface area (Å²) in [6.45, 7) is 4.36. The number of hydrogen-bond donors (Lipinski definition) is 1. The van der Waals surface area contributed by atoms with E-state index < -0.39 is 12.1 Å². The molecule has 2 rings (SSSR count). The second kappa shape index (κ2) is 5.81. The third-order valence-corrected chi connectivity index (χ3v) is 3.06. The smallest absolute Gasteiger partial charge is 0.310 e. The van der Waals surface area contributed by atoms with Crippen LogP contribution in [-0.4, -0.2) is 31.1 Å². The second-order valence-electron chi connectivity index (χ2n) is 4.43. The molecule has 6 nitrogen and oxygen atoms in total. The molecule has 1 amide bonds. The normalized spacial score (nSPS) is 17.4. The quantitative estimate of drug-likeness (QED) is 0.664. The SMILES string of the molecule is CCOC(=O)CC1Oc2cc(N)ccc2N(CC)C1=O. The van der Waals surface area contributed by atoms with Gasteiger partial charge in [0, 0.05) is 18.3 Å². The molecule has 20 heavy (non-hydrogen) atoms. The summed E-state index contributed by atoms with van der Waals surface area (Å²) in [6, 6.07) is 5.11. The maximum Gasteiger partial charge on any atom is 0.310 e. The number of benzene rings is 1. The number of carbonyl (C=O) groups excluding carboxylic acids is 2. The highest BCUT2D eigenvalue weighted by Gasteiger charge is 2.35. The molecule has 1 aliphatic heterocycles. The highest BCUT2D eigenvalue weighted by Crippen LogP contribution is 2.36. The number of esters is 1. The van der Waals surface area contributed by atoms with E-state index in [1.165, 1.54) is 0 Å². The Balaban J connectivity index is 2.26. The van der Waals surface area contributed by atoms with Crippen LogP contribution in [0.1, 0.15) is 20.3 Å². The monoisotopic (exact) mass is 278 g/mol. The summed E-state index contributed by atoms with van der Waals surface area (Å²) >= 11 is 0. The number of rotatable bonds is 4. The first kappa shape index (κ1) is 14.2. The molecule has 108 valence electrons. The molecule has 0 saturated carbocycles. The Labute approximate surface area is 117 Å². The number of nitrogens with two attached hydrogens (primary N) is 1. The van der Waals surface area contributed by atoms with Crippen LogP contribution in [0.25, 0.3) is 0 Å². The molecule has 0 aliphatic carbocycles. The van der Waals surface area contributed by atoms with Crippen LogP contribution in [0.5, 0.6) is 5.75 Å². The lowest BCUT2D eigenvalue weighted by Gasteiger charge is -2.33. The van der Waals surface area contributed by atoms with Crippen LogP contribution in [0.15, 0.2) is 18.2 Å². The highest BCUT2D eigenvalue weighted by molar-refractivity contribution is 6.01. The molecule has 1 aromatic rings. The van der Waals surface area contributed by atoms with Crippen LogP contribution >= 0.6 is 0 Å². The van der Waals surface area contributed by atoms with Gasteiger partial charge >= 0.3 is 5.97 Å². The van der Waals surface area contributed by atoms with Gasteiger partial charge < -0.3 is 20.1 Å². The fourth-order valence-corrected chi connectivity index (χ4v) is 2.17. The number of anilines is 2. The topological polar surface area (TPSA) is 81.9 Å². The van der Waals surface area contributed by atoms with Crippen molar-refractivity contribution in [1.29, 1.82) is 0 Å². The summed E-state index contributed by atoms with van der Waals surface area (Å²) in [5.74, 6) is -0.173. The van der Waals surface area contributed by atoms with Gasteiger partial charge in [-0.1, -0.05) is 0 Å². The van der Waals surface area contributed by atoms with Crippen LogP contribution in [0, 0.1) is 0 Å². The number of amides is 1. The van der Waals surface area contributed by atoms with Crippen LogP contribution < -0.4 is 15.4 Å². The lowest BCUT2D eigenvalue weighted by Crippen LogP contribution is -2.46. The van der Waals surface area contributed by atoms with Gasteiger partial charge in [0.25, 0.3) is 5.91 Å². The van der Waals surface area contributed by atoms with Crippen molar-refractivity contribution in [3.05, 3.63) is 18.2 Å². The molecular weight excluding hydrogens is 260 g/mol. The zero-order valence-corrected chi connectivity index (χ0v) is 11.6. The predicted molar refractivity (Wildman–Crippen MR) is 74.5 cm³/mol. The van der Waals surface area contributed by atoms with Crippen LogP contribution in [-0.2, 0) is 14.3 Å². The number of nitrogen functional groups attached to an aromatic ring is 1. The number of ether oxygens (including phenoxy) is 2. The minimum Gasteiger partial charge on any atom is -0.478 e. The molecule has 0 radical (unpaired) electrons. The molecular formula is C14H18N2O4. The number of hydrogen-bond acceptors (Lipinski definition) is 5. The highest BCUT2D eigenvalue weighted by atomic mass is 16.5. The molecule has 0 aromatic heterocycles. The summed E-state index contributed by atoms with van der Waals surface area (Å²) in [4.78, 5) is 25.4. The third-order valence-electron chi connectivity index (χ3n) is 3.06. The van der Waals surface area contributed by atoms with Crippen LogP contribution in [0.3, 0.4) is 0 Å². The van der Waals surface area contributed by atoms with E-state index in [0.29, 0.717) is 23.7 Å². The summed E-state index contributed by atoms with van der Waals surface area (Å²) in [5.41, 5.74) is 6.94. The van der Waals surface area contributed by atoms with Crippen molar-refractivity contribution >= 4 is 23.3 Å². The Morgan fingerprint density at radius 1 is 1.45 bits per heavy atom. The summed E-state index contributed by atoms with van der Waals surface area (Å²) < 4.78 is 10.5. The molecule has 1 heterocycles. The van der Waals surface area contributed by atoms with Crippen molar-refractivity contribution in [1.82, 2.24) is 0 Å². The maximum absolute atomic E-state index is 12.3. The molecule has 0 bridgehead atoms. The van der Waals surface area contributed by atoms with Crippen molar-refractivity contribution in [2.75, 3.05) is 23.8 Å². The number of fused-ring (bicyclic) bond motifs is 1. The number of nitrogens with zero attached hydrogens (tertiary/aromatic N) is 1. The van der Waals surface area contributed by atoms with E-state index in [1.807, 2.05) is 6.92 Å². The Kier molecular flexibility index (Phi) is 4.12. The van der Waals surface area contributed by atoms with E-state index in [2.05, 4.69) is 0 Å². The predicted octanol–water partition coefficient (Wildman–Crippen LogP) is 1.34. The Morgan fingerprint density at radius 2 is 2.20 bits per heavy atom. The Bertz CT molecular complexity index is 530. The van der Waals surface area contributed by atoms with Gasteiger partial charge in [0.05, 0.1) is 18.7 Å². The molecule has 1 aliphatic rings. The average molecular weight is 278 g/mol. The minimum absolute atomic E-state index is 0.0998. The van der Waals surface area contributed by atoms with Crippen molar-refractivity contribution in [2.24, 2.45) is 0 Å². The molecule has 1 atom stereocenters. The van der Waals surface area contributed by atoms with Crippen molar-refractivity contribution in [3.8, 4) is 5.75 Å². The third kappa shape index (κ3) is 2.68. The van der Waals surface area contributed by atoms with Gasteiger partial charge in [-0.2, -0.15) is 0 Å². The zero-order chi connectivity index (χ0) is 14.7. The lowest BCUT2D eigenvalue weighted by molar-refractivity contribution is -0.147. The van der Waals surface area contributed by atoms with E-state index in [1.54, 1.807) is 30.0 Å². The second-order valence-corrected chi connectivity index (χ2v) is 4.43. The van der Waals surface area contributed by atoms with Gasteiger partial charge in [0.2, 0.25) is 0 Å². The van der Waals surface area contributed by atoms with E-state index in [4.69, 9.17) is 15.2 Å². The van der Waals surface area contributed by atoms with Crippen molar-refractivity contribution in [2.45, 2.75) is 26.4 Å². The first-order valence-corrected chi connectivity index (χ1v) is 6.60. The fourth-order valence-electron chi connectivity index (χ4n) is 2.17. The van der Waals surface area contributed by atoms with E-state index in [9.17, 15) is 9.59 Å². The van der Waals surface area contributed by atoms with E-state index in [0.717, 1.165) is 0 Å². The van der Waals surface area contributed by atoms with Crippen LogP contribution in [0.2, 0.25) is 0 Å². The van der Waals surface area contributed by atoms with E-state index in [-0.39, 0.29) is 18.9 Å². The van der Waals surface area contributed by atoms with Crippen molar-refractivity contribution in [3.63, 3.8) is 0 Å².